The first-order chi connectivity index (χ1) is 12.0. The molecule has 4 nitrogen and oxygen atoms in total. The van der Waals surface area contributed by atoms with E-state index >= 15 is 0 Å². The summed E-state index contributed by atoms with van der Waals surface area (Å²) in [6.07, 6.45) is 3.39. The van der Waals surface area contributed by atoms with E-state index in [0.29, 0.717) is 11.3 Å². The summed E-state index contributed by atoms with van der Waals surface area (Å²) in [6.45, 7) is 1.84. The lowest BCUT2D eigenvalue weighted by Crippen LogP contribution is -2.34. The number of rotatable bonds is 6. The van der Waals surface area contributed by atoms with Gasteiger partial charge in [-0.1, -0.05) is 42.5 Å². The largest absolute Gasteiger partial charge is 0.497 e. The number of cyclic esters (lactones) is 1. The summed E-state index contributed by atoms with van der Waals surface area (Å²) in [4.78, 5) is 24.5. The van der Waals surface area contributed by atoms with E-state index in [9.17, 15) is 9.59 Å². The van der Waals surface area contributed by atoms with Gasteiger partial charge in [0.1, 0.15) is 11.4 Å². The van der Waals surface area contributed by atoms with Crippen molar-refractivity contribution in [3.05, 3.63) is 77.9 Å². The molecule has 1 aliphatic rings. The lowest BCUT2D eigenvalue weighted by Gasteiger charge is -2.31. The molecule has 0 saturated carbocycles. The molecule has 0 fully saturated rings. The van der Waals surface area contributed by atoms with Crippen LogP contribution >= 0.6 is 0 Å². The van der Waals surface area contributed by atoms with E-state index in [1.165, 1.54) is 6.08 Å². The van der Waals surface area contributed by atoms with Crippen LogP contribution < -0.4 is 4.74 Å². The summed E-state index contributed by atoms with van der Waals surface area (Å²) in [6, 6.07) is 16.8. The smallest absolute Gasteiger partial charge is 0.331 e. The van der Waals surface area contributed by atoms with Gasteiger partial charge in [0, 0.05) is 24.0 Å². The average molecular weight is 336 g/mol. The van der Waals surface area contributed by atoms with Crippen molar-refractivity contribution in [1.82, 2.24) is 0 Å². The molecule has 2 aromatic rings. The Balaban J connectivity index is 1.91. The quantitative estimate of drug-likeness (QED) is 0.592. The molecule has 0 spiro atoms. The van der Waals surface area contributed by atoms with Gasteiger partial charge < -0.3 is 9.47 Å². The van der Waals surface area contributed by atoms with Crippen LogP contribution in [0.2, 0.25) is 0 Å². The number of hydrogen-bond donors (Lipinski definition) is 0. The fourth-order valence-corrected chi connectivity index (χ4v) is 3.14. The first kappa shape index (κ1) is 17.0. The van der Waals surface area contributed by atoms with Gasteiger partial charge >= 0.3 is 5.97 Å². The Hall–Kier alpha value is -2.88. The highest BCUT2D eigenvalue weighted by Gasteiger charge is 2.41. The van der Waals surface area contributed by atoms with E-state index in [-0.39, 0.29) is 24.1 Å². The second kappa shape index (κ2) is 6.93. The Bertz CT molecular complexity index is 810. The number of esters is 1. The molecular formula is C21H20O4. The van der Waals surface area contributed by atoms with Gasteiger partial charge in [0.15, 0.2) is 5.78 Å². The molecule has 2 atom stereocenters. The number of Topliss-reactive ketones (excluding diaryl/α,β-unsaturated/α-hetero) is 1. The Morgan fingerprint density at radius 3 is 2.56 bits per heavy atom. The number of ketones is 1. The van der Waals surface area contributed by atoms with Crippen LogP contribution in [0.1, 0.15) is 35.2 Å². The zero-order valence-corrected chi connectivity index (χ0v) is 14.3. The Morgan fingerprint density at radius 1 is 1.16 bits per heavy atom. The highest BCUT2D eigenvalue weighted by molar-refractivity contribution is 5.97. The highest BCUT2D eigenvalue weighted by atomic mass is 16.6. The maximum Gasteiger partial charge on any atom is 0.331 e. The molecule has 0 amide bonds. The molecule has 4 heteroatoms. The van der Waals surface area contributed by atoms with Crippen LogP contribution in [0, 0.1) is 0 Å². The number of benzene rings is 2. The second-order valence-electron chi connectivity index (χ2n) is 6.26. The average Bonchev–Trinajstić information content (AvgIpc) is 3.00. The third-order valence-electron chi connectivity index (χ3n) is 4.55. The molecule has 25 heavy (non-hydrogen) atoms. The van der Waals surface area contributed by atoms with Gasteiger partial charge in [-0.2, -0.15) is 0 Å². The van der Waals surface area contributed by atoms with Gasteiger partial charge in [0.05, 0.1) is 7.11 Å². The molecule has 2 aromatic carbocycles. The molecule has 0 aliphatic carbocycles. The van der Waals surface area contributed by atoms with Crippen molar-refractivity contribution in [2.75, 3.05) is 7.11 Å². The van der Waals surface area contributed by atoms with Crippen molar-refractivity contribution in [2.24, 2.45) is 0 Å². The van der Waals surface area contributed by atoms with Gasteiger partial charge in [0.2, 0.25) is 0 Å². The maximum atomic E-state index is 12.9. The highest BCUT2D eigenvalue weighted by Crippen LogP contribution is 2.39. The standard InChI is InChI=1S/C21H20O4/c1-21(12-11-20(23)25-21)18(15-7-4-3-5-8-15)14-19(22)16-9-6-10-17(13-16)24-2/h3-13,18H,14H2,1-2H3/t18-,21+/m0/s1. The fourth-order valence-electron chi connectivity index (χ4n) is 3.14. The fraction of sp³-hybridized carbons (Fsp3) is 0.238. The number of ether oxygens (including phenoxy) is 2. The zero-order valence-electron chi connectivity index (χ0n) is 14.3. The zero-order chi connectivity index (χ0) is 17.9. The molecule has 0 saturated heterocycles. The molecule has 0 bridgehead atoms. The number of hydrogen-bond acceptors (Lipinski definition) is 4. The normalized spacial score (nSPS) is 20.2. The summed E-state index contributed by atoms with van der Waals surface area (Å²) in [7, 11) is 1.57. The topological polar surface area (TPSA) is 52.6 Å². The van der Waals surface area contributed by atoms with Crippen molar-refractivity contribution < 1.29 is 19.1 Å². The van der Waals surface area contributed by atoms with Crippen LogP contribution in [0.15, 0.2) is 66.7 Å². The molecule has 128 valence electrons. The van der Waals surface area contributed by atoms with Crippen LogP contribution in [0.3, 0.4) is 0 Å². The van der Waals surface area contributed by atoms with Crippen molar-refractivity contribution in [2.45, 2.75) is 24.9 Å². The van der Waals surface area contributed by atoms with E-state index in [1.54, 1.807) is 37.5 Å². The lowest BCUT2D eigenvalue weighted by molar-refractivity contribution is -0.145. The minimum absolute atomic E-state index is 0.0228. The molecule has 0 unspecified atom stereocenters. The molecule has 0 aromatic heterocycles. The van der Waals surface area contributed by atoms with Crippen LogP contribution in [0.4, 0.5) is 0 Å². The number of carbonyl (C=O) groups excluding carboxylic acids is 2. The SMILES string of the molecule is COc1cccc(C(=O)C[C@@H](c2ccccc2)[C@@]2(C)C=CC(=O)O2)c1. The number of methoxy groups -OCH3 is 1. The molecule has 0 radical (unpaired) electrons. The monoisotopic (exact) mass is 336 g/mol. The lowest BCUT2D eigenvalue weighted by atomic mass is 9.79. The summed E-state index contributed by atoms with van der Waals surface area (Å²) < 4.78 is 10.7. The predicted molar refractivity (Wildman–Crippen MR) is 94.8 cm³/mol. The van der Waals surface area contributed by atoms with Gasteiger partial charge in [-0.15, -0.1) is 0 Å². The Labute approximate surface area is 147 Å². The molecule has 0 N–H and O–H groups in total. The van der Waals surface area contributed by atoms with Crippen LogP contribution in [-0.2, 0) is 9.53 Å². The summed E-state index contributed by atoms with van der Waals surface area (Å²) in [5, 5.41) is 0. The first-order valence-electron chi connectivity index (χ1n) is 8.16. The van der Waals surface area contributed by atoms with Crippen LogP contribution in [0.5, 0.6) is 5.75 Å². The van der Waals surface area contributed by atoms with Crippen molar-refractivity contribution in [3.8, 4) is 5.75 Å². The van der Waals surface area contributed by atoms with Crippen molar-refractivity contribution in [1.29, 1.82) is 0 Å². The van der Waals surface area contributed by atoms with Crippen LogP contribution in [-0.4, -0.2) is 24.5 Å². The molecule has 1 heterocycles. The molecule has 1 aliphatic heterocycles. The van der Waals surface area contributed by atoms with Crippen molar-refractivity contribution >= 4 is 11.8 Å². The van der Waals surface area contributed by atoms with E-state index in [4.69, 9.17) is 9.47 Å². The molecular weight excluding hydrogens is 316 g/mol. The van der Waals surface area contributed by atoms with Crippen molar-refractivity contribution in [3.63, 3.8) is 0 Å². The van der Waals surface area contributed by atoms with Gasteiger partial charge in [-0.25, -0.2) is 4.79 Å². The van der Waals surface area contributed by atoms with E-state index in [1.807, 2.05) is 37.3 Å². The Morgan fingerprint density at radius 2 is 1.92 bits per heavy atom. The number of carbonyl (C=O) groups is 2. The second-order valence-corrected chi connectivity index (χ2v) is 6.26. The van der Waals surface area contributed by atoms with Gasteiger partial charge in [-0.3, -0.25) is 4.79 Å². The van der Waals surface area contributed by atoms with E-state index in [2.05, 4.69) is 0 Å². The summed E-state index contributed by atoms with van der Waals surface area (Å²) in [5.41, 5.74) is 0.699. The third kappa shape index (κ3) is 3.63. The van der Waals surface area contributed by atoms with E-state index < -0.39 is 5.60 Å². The minimum atomic E-state index is -0.840. The van der Waals surface area contributed by atoms with E-state index in [0.717, 1.165) is 5.56 Å². The van der Waals surface area contributed by atoms with Gasteiger partial charge in [-0.05, 0) is 30.7 Å². The third-order valence-corrected chi connectivity index (χ3v) is 4.55. The minimum Gasteiger partial charge on any atom is -0.497 e. The van der Waals surface area contributed by atoms with Crippen LogP contribution in [0.25, 0.3) is 0 Å². The summed E-state index contributed by atoms with van der Waals surface area (Å²) >= 11 is 0. The Kier molecular flexibility index (Phi) is 4.70. The molecule has 3 rings (SSSR count). The first-order valence-corrected chi connectivity index (χ1v) is 8.16. The predicted octanol–water partition coefficient (Wildman–Crippen LogP) is 3.92. The maximum absolute atomic E-state index is 12.9. The van der Waals surface area contributed by atoms with Gasteiger partial charge in [0.25, 0.3) is 0 Å². The summed E-state index contributed by atoms with van der Waals surface area (Å²) in [5.74, 6) is -0.0294.